The van der Waals surface area contributed by atoms with Crippen molar-refractivity contribution in [3.8, 4) is 5.75 Å². The van der Waals surface area contributed by atoms with Gasteiger partial charge in [-0.2, -0.15) is 0 Å². The monoisotopic (exact) mass is 307 g/mol. The molecule has 0 radical (unpaired) electrons. The molecule has 0 aliphatic heterocycles. The van der Waals surface area contributed by atoms with E-state index in [0.717, 1.165) is 5.75 Å². The Kier molecular flexibility index (Phi) is 5.38. The highest BCUT2D eigenvalue weighted by Gasteiger charge is 2.06. The highest BCUT2D eigenvalue weighted by molar-refractivity contribution is 7.99. The summed E-state index contributed by atoms with van der Waals surface area (Å²) < 4.78 is 19.1. The number of benzene rings is 2. The van der Waals surface area contributed by atoms with Crippen LogP contribution in [0.4, 0.5) is 4.39 Å². The lowest BCUT2D eigenvalue weighted by Crippen LogP contribution is -2.10. The van der Waals surface area contributed by atoms with Crippen molar-refractivity contribution in [3.63, 3.8) is 0 Å². The van der Waals surface area contributed by atoms with E-state index < -0.39 is 5.82 Å². The molecule has 2 N–H and O–H groups in total. The molecule has 2 nitrogen and oxygen atoms in total. The van der Waals surface area contributed by atoms with E-state index >= 15 is 0 Å². The summed E-state index contributed by atoms with van der Waals surface area (Å²) in [6.07, 6.45) is 0. The molecular formula is C15H14FNOS2. The fourth-order valence-electron chi connectivity index (χ4n) is 1.60. The fraction of sp³-hybridized carbons (Fsp3) is 0.133. The zero-order valence-corrected chi connectivity index (χ0v) is 12.3. The Morgan fingerprint density at radius 3 is 2.60 bits per heavy atom. The predicted molar refractivity (Wildman–Crippen MR) is 84.9 cm³/mol. The van der Waals surface area contributed by atoms with Gasteiger partial charge in [-0.25, -0.2) is 4.39 Å². The SMILES string of the molecule is NC(=S)c1ccc(OCCSc2ccccc2)c(F)c1. The van der Waals surface area contributed by atoms with Crippen molar-refractivity contribution in [3.05, 3.63) is 59.9 Å². The lowest BCUT2D eigenvalue weighted by molar-refractivity contribution is 0.325. The molecule has 2 aromatic rings. The van der Waals surface area contributed by atoms with Crippen LogP contribution in [0.3, 0.4) is 0 Å². The third kappa shape index (κ3) is 4.21. The van der Waals surface area contributed by atoms with E-state index in [9.17, 15) is 4.39 Å². The second kappa shape index (κ2) is 7.26. The zero-order chi connectivity index (χ0) is 14.4. The Morgan fingerprint density at radius 2 is 1.95 bits per heavy atom. The Morgan fingerprint density at radius 1 is 1.20 bits per heavy atom. The summed E-state index contributed by atoms with van der Waals surface area (Å²) in [6, 6.07) is 14.5. The van der Waals surface area contributed by atoms with Crippen LogP contribution in [-0.2, 0) is 0 Å². The van der Waals surface area contributed by atoms with Crippen molar-refractivity contribution in [2.45, 2.75) is 4.90 Å². The summed E-state index contributed by atoms with van der Waals surface area (Å²) in [5.41, 5.74) is 5.94. The van der Waals surface area contributed by atoms with Crippen LogP contribution < -0.4 is 10.5 Å². The number of hydrogen-bond acceptors (Lipinski definition) is 3. The highest BCUT2D eigenvalue weighted by Crippen LogP contribution is 2.20. The third-order valence-corrected chi connectivity index (χ3v) is 3.78. The molecule has 104 valence electrons. The summed E-state index contributed by atoms with van der Waals surface area (Å²) >= 11 is 6.46. The molecule has 0 aliphatic rings. The van der Waals surface area contributed by atoms with E-state index in [1.807, 2.05) is 30.3 Å². The van der Waals surface area contributed by atoms with Crippen LogP contribution in [0.2, 0.25) is 0 Å². The van der Waals surface area contributed by atoms with Gasteiger partial charge in [-0.3, -0.25) is 0 Å². The maximum atomic E-state index is 13.7. The van der Waals surface area contributed by atoms with Gasteiger partial charge in [0.15, 0.2) is 11.6 Å². The second-order valence-electron chi connectivity index (χ2n) is 4.02. The Hall–Kier alpha value is -1.59. The van der Waals surface area contributed by atoms with Crippen molar-refractivity contribution >= 4 is 29.0 Å². The predicted octanol–water partition coefficient (Wildman–Crippen LogP) is 3.63. The first kappa shape index (κ1) is 14.8. The van der Waals surface area contributed by atoms with E-state index in [1.54, 1.807) is 23.9 Å². The van der Waals surface area contributed by atoms with E-state index in [0.29, 0.717) is 12.2 Å². The summed E-state index contributed by atoms with van der Waals surface area (Å²) in [5, 5.41) is 0. The summed E-state index contributed by atoms with van der Waals surface area (Å²) in [7, 11) is 0. The van der Waals surface area contributed by atoms with E-state index in [-0.39, 0.29) is 10.7 Å². The minimum absolute atomic E-state index is 0.176. The average molecular weight is 307 g/mol. The topological polar surface area (TPSA) is 35.2 Å². The van der Waals surface area contributed by atoms with E-state index in [1.165, 1.54) is 11.0 Å². The number of rotatable bonds is 6. The normalized spacial score (nSPS) is 10.2. The number of thiocarbonyl (C=S) groups is 1. The number of halogens is 1. The zero-order valence-electron chi connectivity index (χ0n) is 10.7. The minimum atomic E-state index is -0.444. The number of ether oxygens (including phenoxy) is 1. The van der Waals surface area contributed by atoms with Crippen molar-refractivity contribution in [1.29, 1.82) is 0 Å². The van der Waals surface area contributed by atoms with Crippen molar-refractivity contribution in [1.82, 2.24) is 0 Å². The molecule has 0 bridgehead atoms. The van der Waals surface area contributed by atoms with Gasteiger partial charge >= 0.3 is 0 Å². The Labute approximate surface area is 127 Å². The second-order valence-corrected chi connectivity index (χ2v) is 5.63. The number of thioether (sulfide) groups is 1. The van der Waals surface area contributed by atoms with Gasteiger partial charge in [0.25, 0.3) is 0 Å². The van der Waals surface area contributed by atoms with Crippen LogP contribution in [0.15, 0.2) is 53.4 Å². The van der Waals surface area contributed by atoms with Gasteiger partial charge in [-0.1, -0.05) is 30.4 Å². The molecule has 0 amide bonds. The first-order chi connectivity index (χ1) is 9.66. The first-order valence-electron chi connectivity index (χ1n) is 6.07. The largest absolute Gasteiger partial charge is 0.490 e. The quantitative estimate of drug-likeness (QED) is 0.502. The van der Waals surface area contributed by atoms with E-state index in [2.05, 4.69) is 0 Å². The van der Waals surface area contributed by atoms with Crippen LogP contribution in [0.25, 0.3) is 0 Å². The maximum absolute atomic E-state index is 13.7. The molecule has 0 unspecified atom stereocenters. The molecule has 0 atom stereocenters. The lowest BCUT2D eigenvalue weighted by Gasteiger charge is -2.08. The maximum Gasteiger partial charge on any atom is 0.165 e. The van der Waals surface area contributed by atoms with Crippen molar-refractivity contribution in [2.75, 3.05) is 12.4 Å². The number of hydrogen-bond donors (Lipinski definition) is 1. The molecule has 20 heavy (non-hydrogen) atoms. The van der Waals surface area contributed by atoms with Gasteiger partial charge in [0.1, 0.15) is 4.99 Å². The molecule has 2 rings (SSSR count). The smallest absolute Gasteiger partial charge is 0.165 e. The molecule has 0 heterocycles. The highest BCUT2D eigenvalue weighted by atomic mass is 32.2. The Bertz CT molecular complexity index is 590. The van der Waals surface area contributed by atoms with Crippen LogP contribution in [-0.4, -0.2) is 17.3 Å². The summed E-state index contributed by atoms with van der Waals surface area (Å²) in [4.78, 5) is 1.34. The van der Waals surface area contributed by atoms with Gasteiger partial charge in [0, 0.05) is 16.2 Å². The average Bonchev–Trinajstić information content (AvgIpc) is 2.46. The summed E-state index contributed by atoms with van der Waals surface area (Å²) in [5.74, 6) is 0.527. The molecule has 0 saturated carbocycles. The van der Waals surface area contributed by atoms with Crippen molar-refractivity contribution < 1.29 is 9.13 Å². The van der Waals surface area contributed by atoms with Gasteiger partial charge in [0.05, 0.1) is 6.61 Å². The first-order valence-corrected chi connectivity index (χ1v) is 7.46. The van der Waals surface area contributed by atoms with Crippen LogP contribution >= 0.6 is 24.0 Å². The van der Waals surface area contributed by atoms with Gasteiger partial charge in [-0.15, -0.1) is 11.8 Å². The molecule has 5 heteroatoms. The molecule has 0 spiro atoms. The third-order valence-electron chi connectivity index (χ3n) is 2.57. The Balaban J connectivity index is 1.84. The van der Waals surface area contributed by atoms with Gasteiger partial charge in [0.2, 0.25) is 0 Å². The molecule has 0 aliphatic carbocycles. The molecule has 0 fully saturated rings. The lowest BCUT2D eigenvalue weighted by atomic mass is 10.2. The molecule has 0 saturated heterocycles. The number of nitrogens with two attached hydrogens (primary N) is 1. The molecule has 0 aromatic heterocycles. The van der Waals surface area contributed by atoms with Crippen LogP contribution in [0.5, 0.6) is 5.75 Å². The standard InChI is InChI=1S/C15H14FNOS2/c16-13-10-11(15(17)19)6-7-14(13)18-8-9-20-12-4-2-1-3-5-12/h1-7,10H,8-9H2,(H2,17,19). The van der Waals surface area contributed by atoms with E-state index in [4.69, 9.17) is 22.7 Å². The minimum Gasteiger partial charge on any atom is -0.490 e. The van der Waals surface area contributed by atoms with Gasteiger partial charge < -0.3 is 10.5 Å². The molecular weight excluding hydrogens is 293 g/mol. The van der Waals surface area contributed by atoms with Crippen LogP contribution in [0, 0.1) is 5.82 Å². The summed E-state index contributed by atoms with van der Waals surface area (Å²) in [6.45, 7) is 0.433. The van der Waals surface area contributed by atoms with Crippen molar-refractivity contribution in [2.24, 2.45) is 5.73 Å². The van der Waals surface area contributed by atoms with Crippen LogP contribution in [0.1, 0.15) is 5.56 Å². The van der Waals surface area contributed by atoms with Gasteiger partial charge in [-0.05, 0) is 30.3 Å². The molecule has 2 aromatic carbocycles. The fourth-order valence-corrected chi connectivity index (χ4v) is 2.48.